The molecule has 0 radical (unpaired) electrons. The first-order valence-electron chi connectivity index (χ1n) is 3.44. The Kier molecular flexibility index (Phi) is 3.10. The molecule has 0 saturated heterocycles. The quantitative estimate of drug-likeness (QED) is 0.386. The maximum Gasteiger partial charge on any atom is 0.235 e. The highest BCUT2D eigenvalue weighted by molar-refractivity contribution is 6.17. The lowest BCUT2D eigenvalue weighted by atomic mass is 10.1. The molecule has 0 aromatic heterocycles. The summed E-state index contributed by atoms with van der Waals surface area (Å²) >= 11 is 5.30. The number of hydrogen-bond acceptors (Lipinski definition) is 3. The van der Waals surface area contributed by atoms with Crippen LogP contribution < -0.4 is 0 Å². The molecule has 0 fully saturated rings. The molecule has 0 aromatic carbocycles. The summed E-state index contributed by atoms with van der Waals surface area (Å²) in [5.74, 6) is 0.600. The molecule has 0 heterocycles. The van der Waals surface area contributed by atoms with Gasteiger partial charge in [-0.15, -0.1) is 0 Å². The highest BCUT2D eigenvalue weighted by Crippen LogP contribution is 2.13. The van der Waals surface area contributed by atoms with E-state index in [-0.39, 0.29) is 11.0 Å². The number of halogens is 1. The minimum absolute atomic E-state index is 0.0688. The lowest BCUT2D eigenvalue weighted by Crippen LogP contribution is -2.17. The monoisotopic (exact) mass is 189 g/mol. The highest BCUT2D eigenvalue weighted by atomic mass is 35.5. The third kappa shape index (κ3) is 2.23. The van der Waals surface area contributed by atoms with Gasteiger partial charge in [0, 0.05) is 11.3 Å². The van der Waals surface area contributed by atoms with Gasteiger partial charge in [-0.1, -0.05) is 11.6 Å². The van der Waals surface area contributed by atoms with Crippen LogP contribution in [0.15, 0.2) is 24.0 Å². The minimum Gasteiger partial charge on any atom is -0.478 e. The van der Waals surface area contributed by atoms with Crippen molar-refractivity contribution in [3.05, 3.63) is 34.1 Å². The number of nitro groups is 1. The van der Waals surface area contributed by atoms with Crippen LogP contribution >= 0.6 is 11.6 Å². The summed E-state index contributed by atoms with van der Waals surface area (Å²) in [4.78, 5) is 9.95. The van der Waals surface area contributed by atoms with Gasteiger partial charge in [-0.3, -0.25) is 10.1 Å². The Hall–Kier alpha value is -1.03. The first-order chi connectivity index (χ1) is 5.74. The van der Waals surface area contributed by atoms with Crippen LogP contribution in [-0.4, -0.2) is 17.0 Å². The number of hydrogen-bond donors (Lipinski definition) is 0. The minimum atomic E-state index is -0.618. The summed E-state index contributed by atoms with van der Waals surface area (Å²) in [5.41, 5.74) is 0. The molecule has 1 aliphatic carbocycles. The Morgan fingerprint density at radius 2 is 2.58 bits per heavy atom. The third-order valence-electron chi connectivity index (χ3n) is 1.54. The Balaban J connectivity index is 2.49. The van der Waals surface area contributed by atoms with Gasteiger partial charge in [0.15, 0.2) is 6.07 Å². The van der Waals surface area contributed by atoms with Gasteiger partial charge in [0.1, 0.15) is 5.76 Å². The van der Waals surface area contributed by atoms with Crippen LogP contribution in [-0.2, 0) is 4.74 Å². The molecule has 0 bridgehead atoms. The van der Waals surface area contributed by atoms with Crippen LogP contribution in [0.2, 0.25) is 0 Å². The van der Waals surface area contributed by atoms with Crippen molar-refractivity contribution >= 4 is 11.6 Å². The summed E-state index contributed by atoms with van der Waals surface area (Å²) in [5, 5.41) is 10.3. The lowest BCUT2D eigenvalue weighted by Gasteiger charge is -2.09. The second-order valence-corrected chi connectivity index (χ2v) is 2.53. The molecule has 0 spiro atoms. The molecule has 0 amide bonds. The van der Waals surface area contributed by atoms with Gasteiger partial charge < -0.3 is 4.74 Å². The van der Waals surface area contributed by atoms with Gasteiger partial charge in [0.05, 0.1) is 0 Å². The van der Waals surface area contributed by atoms with Gasteiger partial charge >= 0.3 is 0 Å². The number of alkyl halides is 1. The van der Waals surface area contributed by atoms with E-state index in [0.717, 1.165) is 0 Å². The molecular formula is C7H8ClNO3. The second kappa shape index (κ2) is 4.11. The van der Waals surface area contributed by atoms with Crippen molar-refractivity contribution in [2.45, 2.75) is 12.5 Å². The topological polar surface area (TPSA) is 52.4 Å². The van der Waals surface area contributed by atoms with Crippen molar-refractivity contribution < 1.29 is 9.66 Å². The van der Waals surface area contributed by atoms with Crippen molar-refractivity contribution in [1.29, 1.82) is 0 Å². The molecule has 0 aromatic rings. The van der Waals surface area contributed by atoms with Crippen LogP contribution in [0.3, 0.4) is 0 Å². The van der Waals surface area contributed by atoms with Crippen LogP contribution in [0.4, 0.5) is 0 Å². The van der Waals surface area contributed by atoms with Gasteiger partial charge in [-0.05, 0) is 18.2 Å². The summed E-state index contributed by atoms with van der Waals surface area (Å²) in [6.07, 6.45) is 5.10. The van der Waals surface area contributed by atoms with Crippen molar-refractivity contribution in [1.82, 2.24) is 0 Å². The predicted octanol–water partition coefficient (Wildman–Crippen LogP) is 1.69. The fraction of sp³-hybridized carbons (Fsp3) is 0.429. The molecule has 5 heteroatoms. The second-order valence-electron chi connectivity index (χ2n) is 2.31. The number of rotatable bonds is 3. The average Bonchev–Trinajstić information content (AvgIpc) is 2.06. The molecule has 1 atom stereocenters. The average molecular weight is 190 g/mol. The summed E-state index contributed by atoms with van der Waals surface area (Å²) < 4.78 is 4.93. The molecule has 0 N–H and O–H groups in total. The van der Waals surface area contributed by atoms with E-state index in [1.807, 2.05) is 0 Å². The molecular weight excluding hydrogens is 182 g/mol. The highest BCUT2D eigenvalue weighted by Gasteiger charge is 2.18. The Morgan fingerprint density at radius 1 is 1.83 bits per heavy atom. The Bertz CT molecular complexity index is 237. The van der Waals surface area contributed by atoms with Crippen molar-refractivity contribution in [3.63, 3.8) is 0 Å². The van der Waals surface area contributed by atoms with E-state index in [2.05, 4.69) is 0 Å². The third-order valence-corrected chi connectivity index (χ3v) is 1.64. The zero-order valence-electron chi connectivity index (χ0n) is 6.27. The summed E-state index contributed by atoms with van der Waals surface area (Å²) in [6.45, 7) is 0. The molecule has 1 rings (SSSR count). The zero-order chi connectivity index (χ0) is 8.97. The van der Waals surface area contributed by atoms with Gasteiger partial charge in [0.2, 0.25) is 6.04 Å². The molecule has 12 heavy (non-hydrogen) atoms. The maximum absolute atomic E-state index is 10.3. The van der Waals surface area contributed by atoms with Gasteiger partial charge in [-0.25, -0.2) is 0 Å². The Labute approximate surface area is 74.6 Å². The van der Waals surface area contributed by atoms with E-state index < -0.39 is 6.04 Å². The number of allylic oxidation sites excluding steroid dienone is 1. The van der Waals surface area contributed by atoms with Crippen molar-refractivity contribution in [3.8, 4) is 0 Å². The SMILES string of the molecule is O=[N+]([O-])C1C=CC(OCCl)=CC1. The molecule has 66 valence electrons. The van der Waals surface area contributed by atoms with E-state index >= 15 is 0 Å². The molecule has 1 unspecified atom stereocenters. The molecule has 0 aliphatic heterocycles. The summed E-state index contributed by atoms with van der Waals surface area (Å²) in [7, 11) is 0. The van der Waals surface area contributed by atoms with Crippen molar-refractivity contribution in [2.75, 3.05) is 6.07 Å². The van der Waals surface area contributed by atoms with E-state index in [0.29, 0.717) is 12.2 Å². The maximum atomic E-state index is 10.3. The number of nitrogens with zero attached hydrogens (tertiary/aromatic N) is 1. The first-order valence-corrected chi connectivity index (χ1v) is 3.98. The largest absolute Gasteiger partial charge is 0.478 e. The van der Waals surface area contributed by atoms with E-state index in [4.69, 9.17) is 16.3 Å². The predicted molar refractivity (Wildman–Crippen MR) is 44.4 cm³/mol. The van der Waals surface area contributed by atoms with Crippen molar-refractivity contribution in [2.24, 2.45) is 0 Å². The fourth-order valence-electron chi connectivity index (χ4n) is 0.916. The summed E-state index contributed by atoms with van der Waals surface area (Å²) in [6, 6.07) is -0.549. The van der Waals surface area contributed by atoms with Crippen LogP contribution in [0, 0.1) is 10.1 Å². The fourth-order valence-corrected chi connectivity index (χ4v) is 1.04. The Morgan fingerprint density at radius 3 is 3.00 bits per heavy atom. The zero-order valence-corrected chi connectivity index (χ0v) is 7.03. The standard InChI is InChI=1S/C7H8ClNO3/c8-5-12-7-3-1-6(2-4-7)9(10)11/h1,3-4,6H,2,5H2. The van der Waals surface area contributed by atoms with Crippen LogP contribution in [0.5, 0.6) is 0 Å². The van der Waals surface area contributed by atoms with E-state index in [1.165, 1.54) is 6.08 Å². The van der Waals surface area contributed by atoms with E-state index in [1.54, 1.807) is 12.2 Å². The normalized spacial score (nSPS) is 21.8. The number of ether oxygens (including phenoxy) is 1. The first kappa shape index (κ1) is 9.06. The van der Waals surface area contributed by atoms with Gasteiger partial charge in [0.25, 0.3) is 0 Å². The molecule has 4 nitrogen and oxygen atoms in total. The van der Waals surface area contributed by atoms with Crippen LogP contribution in [0.1, 0.15) is 6.42 Å². The smallest absolute Gasteiger partial charge is 0.235 e. The van der Waals surface area contributed by atoms with Gasteiger partial charge in [-0.2, -0.15) is 0 Å². The lowest BCUT2D eigenvalue weighted by molar-refractivity contribution is -0.508. The van der Waals surface area contributed by atoms with Crippen LogP contribution in [0.25, 0.3) is 0 Å². The van der Waals surface area contributed by atoms with E-state index in [9.17, 15) is 10.1 Å². The molecule has 0 saturated carbocycles. The molecule has 1 aliphatic rings.